The number of nitrogens with zero attached hydrogens (tertiary/aromatic N) is 1. The molecule has 2 aromatic carbocycles. The predicted molar refractivity (Wildman–Crippen MR) is 102 cm³/mol. The Hall–Kier alpha value is -2.66. The van der Waals surface area contributed by atoms with Gasteiger partial charge in [-0.1, -0.05) is 12.1 Å². The van der Waals surface area contributed by atoms with Crippen molar-refractivity contribution in [2.45, 2.75) is 18.9 Å². The minimum absolute atomic E-state index is 0.0298. The number of fused-ring (bicyclic) bond motifs is 1. The molecule has 1 aromatic heterocycles. The minimum Gasteiger partial charge on any atom is -0.360 e. The number of aromatic amines is 1. The molecule has 2 N–H and O–H groups in total. The van der Waals surface area contributed by atoms with Crippen LogP contribution in [-0.4, -0.2) is 42.0 Å². The number of rotatable bonds is 3. The van der Waals surface area contributed by atoms with E-state index in [0.29, 0.717) is 5.56 Å². The van der Waals surface area contributed by atoms with Gasteiger partial charge in [-0.2, -0.15) is 0 Å². The van der Waals surface area contributed by atoms with Crippen LogP contribution in [0.1, 0.15) is 23.2 Å². The van der Waals surface area contributed by atoms with E-state index in [-0.39, 0.29) is 17.8 Å². The Morgan fingerprint density at radius 2 is 2.04 bits per heavy atom. The van der Waals surface area contributed by atoms with Gasteiger partial charge < -0.3 is 15.2 Å². The van der Waals surface area contributed by atoms with E-state index < -0.39 is 0 Å². The van der Waals surface area contributed by atoms with Crippen LogP contribution in [0.3, 0.4) is 0 Å². The van der Waals surface area contributed by atoms with E-state index in [2.05, 4.69) is 22.2 Å². The van der Waals surface area contributed by atoms with E-state index in [1.165, 1.54) is 12.1 Å². The van der Waals surface area contributed by atoms with Gasteiger partial charge in [0.25, 0.3) is 5.91 Å². The summed E-state index contributed by atoms with van der Waals surface area (Å²) in [6, 6.07) is 12.5. The maximum atomic E-state index is 13.3. The summed E-state index contributed by atoms with van der Waals surface area (Å²) < 4.78 is 13.3. The average molecular weight is 351 g/mol. The molecular formula is C21H22FN3O. The van der Waals surface area contributed by atoms with E-state index in [1.807, 2.05) is 30.5 Å². The zero-order valence-corrected chi connectivity index (χ0v) is 14.8. The number of likely N-dealkylation sites (tertiary alicyclic amines) is 1. The topological polar surface area (TPSA) is 48.1 Å². The molecule has 0 spiro atoms. The molecule has 1 amide bonds. The number of carbonyl (C=O) groups is 1. The van der Waals surface area contributed by atoms with Crippen LogP contribution in [0, 0.1) is 5.82 Å². The van der Waals surface area contributed by atoms with Crippen LogP contribution in [-0.2, 0) is 0 Å². The maximum absolute atomic E-state index is 13.3. The van der Waals surface area contributed by atoms with Gasteiger partial charge in [0, 0.05) is 40.8 Å². The van der Waals surface area contributed by atoms with Crippen molar-refractivity contribution < 1.29 is 9.18 Å². The van der Waals surface area contributed by atoms with Gasteiger partial charge in [-0.3, -0.25) is 4.79 Å². The molecule has 1 aliphatic rings. The summed E-state index contributed by atoms with van der Waals surface area (Å²) in [7, 11) is 2.08. The Kier molecular flexibility index (Phi) is 4.47. The van der Waals surface area contributed by atoms with Crippen molar-refractivity contribution in [2.24, 2.45) is 0 Å². The van der Waals surface area contributed by atoms with Crippen LogP contribution in [0.25, 0.3) is 22.0 Å². The molecule has 0 saturated carbocycles. The largest absolute Gasteiger partial charge is 0.360 e. The normalized spacial score (nSPS) is 18.2. The molecule has 0 bridgehead atoms. The van der Waals surface area contributed by atoms with E-state index in [1.54, 1.807) is 6.07 Å². The number of nitrogens with one attached hydrogen (secondary N) is 2. The Morgan fingerprint density at radius 1 is 1.23 bits per heavy atom. The molecule has 4 nitrogen and oxygen atoms in total. The second-order valence-corrected chi connectivity index (χ2v) is 7.04. The van der Waals surface area contributed by atoms with Crippen LogP contribution in [0.2, 0.25) is 0 Å². The Balaban J connectivity index is 1.51. The second kappa shape index (κ2) is 6.92. The Bertz CT molecular complexity index is 932. The number of amides is 1. The molecule has 3 aromatic rings. The molecule has 134 valence electrons. The van der Waals surface area contributed by atoms with E-state index in [4.69, 9.17) is 0 Å². The predicted octanol–water partition coefficient (Wildman–Crippen LogP) is 3.80. The number of hydrogen-bond donors (Lipinski definition) is 2. The van der Waals surface area contributed by atoms with E-state index in [9.17, 15) is 9.18 Å². The molecule has 26 heavy (non-hydrogen) atoms. The molecule has 2 heterocycles. The lowest BCUT2D eigenvalue weighted by Gasteiger charge is -2.30. The standard InChI is InChI=1S/C21H22FN3O/c1-25-10-2-3-17(13-25)24-21(26)15-6-4-14(5-7-15)19-12-23-20-11-16(22)8-9-18(19)20/h4-9,11-12,17,23H,2-3,10,13H2,1H3,(H,24,26). The molecule has 0 aliphatic carbocycles. The van der Waals surface area contributed by atoms with Gasteiger partial charge in [-0.25, -0.2) is 4.39 Å². The molecule has 1 fully saturated rings. The Morgan fingerprint density at radius 3 is 2.81 bits per heavy atom. The first-order valence-electron chi connectivity index (χ1n) is 8.96. The minimum atomic E-state index is -0.258. The van der Waals surface area contributed by atoms with E-state index >= 15 is 0 Å². The van der Waals surface area contributed by atoms with Crippen LogP contribution in [0.4, 0.5) is 4.39 Å². The van der Waals surface area contributed by atoms with Crippen LogP contribution < -0.4 is 5.32 Å². The fourth-order valence-corrected chi connectivity index (χ4v) is 3.69. The number of likely N-dealkylation sites (N-methyl/N-ethyl adjacent to an activating group) is 1. The first-order valence-corrected chi connectivity index (χ1v) is 8.96. The summed E-state index contributed by atoms with van der Waals surface area (Å²) in [6.07, 6.45) is 4.01. The lowest BCUT2D eigenvalue weighted by Crippen LogP contribution is -2.46. The molecule has 1 saturated heterocycles. The zero-order valence-electron chi connectivity index (χ0n) is 14.8. The summed E-state index contributed by atoms with van der Waals surface area (Å²) in [5.74, 6) is -0.288. The molecule has 4 rings (SSSR count). The number of aromatic nitrogens is 1. The lowest BCUT2D eigenvalue weighted by molar-refractivity contribution is 0.0912. The molecule has 1 aliphatic heterocycles. The third-order valence-electron chi connectivity index (χ3n) is 5.06. The number of H-pyrrole nitrogens is 1. The highest BCUT2D eigenvalue weighted by Crippen LogP contribution is 2.29. The summed E-state index contributed by atoms with van der Waals surface area (Å²) in [5, 5.41) is 4.09. The highest BCUT2D eigenvalue weighted by Gasteiger charge is 2.19. The first kappa shape index (κ1) is 16.8. The van der Waals surface area contributed by atoms with Crippen molar-refractivity contribution in [2.75, 3.05) is 20.1 Å². The second-order valence-electron chi connectivity index (χ2n) is 7.04. The number of halogens is 1. The summed E-state index contributed by atoms with van der Waals surface area (Å²) in [6.45, 7) is 1.99. The van der Waals surface area contributed by atoms with Gasteiger partial charge in [-0.15, -0.1) is 0 Å². The number of hydrogen-bond acceptors (Lipinski definition) is 2. The van der Waals surface area contributed by atoms with Gasteiger partial charge in [0.2, 0.25) is 0 Å². The van der Waals surface area contributed by atoms with Gasteiger partial charge in [-0.05, 0) is 62.3 Å². The van der Waals surface area contributed by atoms with Crippen LogP contribution >= 0.6 is 0 Å². The Labute approximate surface area is 152 Å². The summed E-state index contributed by atoms with van der Waals surface area (Å²) in [5.41, 5.74) is 3.42. The van der Waals surface area contributed by atoms with Gasteiger partial charge >= 0.3 is 0 Å². The molecule has 5 heteroatoms. The molecule has 1 unspecified atom stereocenters. The van der Waals surface area contributed by atoms with Crippen molar-refractivity contribution >= 4 is 16.8 Å². The van der Waals surface area contributed by atoms with Crippen molar-refractivity contribution in [3.05, 3.63) is 60.0 Å². The first-order chi connectivity index (χ1) is 12.6. The summed E-state index contributed by atoms with van der Waals surface area (Å²) in [4.78, 5) is 17.8. The van der Waals surface area contributed by atoms with Gasteiger partial charge in [0.15, 0.2) is 0 Å². The van der Waals surface area contributed by atoms with E-state index in [0.717, 1.165) is 48.0 Å². The van der Waals surface area contributed by atoms with Crippen molar-refractivity contribution in [1.82, 2.24) is 15.2 Å². The van der Waals surface area contributed by atoms with Crippen LogP contribution in [0.15, 0.2) is 48.7 Å². The van der Waals surface area contributed by atoms with Crippen molar-refractivity contribution in [1.29, 1.82) is 0 Å². The third-order valence-corrected chi connectivity index (χ3v) is 5.06. The highest BCUT2D eigenvalue weighted by atomic mass is 19.1. The SMILES string of the molecule is CN1CCCC(NC(=O)c2ccc(-c3c[nH]c4cc(F)ccc34)cc2)C1. The average Bonchev–Trinajstić information content (AvgIpc) is 3.05. The quantitative estimate of drug-likeness (QED) is 0.754. The van der Waals surface area contributed by atoms with Crippen molar-refractivity contribution in [3.63, 3.8) is 0 Å². The van der Waals surface area contributed by atoms with Gasteiger partial charge in [0.1, 0.15) is 5.82 Å². The van der Waals surface area contributed by atoms with Crippen molar-refractivity contribution in [3.8, 4) is 11.1 Å². The monoisotopic (exact) mass is 351 g/mol. The fraction of sp³-hybridized carbons (Fsp3) is 0.286. The zero-order chi connectivity index (χ0) is 18.1. The fourth-order valence-electron chi connectivity index (χ4n) is 3.69. The number of carbonyl (C=O) groups excluding carboxylic acids is 1. The maximum Gasteiger partial charge on any atom is 0.251 e. The molecular weight excluding hydrogens is 329 g/mol. The van der Waals surface area contributed by atoms with Gasteiger partial charge in [0.05, 0.1) is 0 Å². The third kappa shape index (κ3) is 3.35. The summed E-state index contributed by atoms with van der Waals surface area (Å²) >= 11 is 0. The molecule has 0 radical (unpaired) electrons. The number of piperidine rings is 1. The smallest absolute Gasteiger partial charge is 0.251 e. The lowest BCUT2D eigenvalue weighted by atomic mass is 10.0. The molecule has 1 atom stereocenters. The number of benzene rings is 2. The highest BCUT2D eigenvalue weighted by molar-refractivity contribution is 5.97. The van der Waals surface area contributed by atoms with Crippen LogP contribution in [0.5, 0.6) is 0 Å².